The van der Waals surface area contributed by atoms with Crippen molar-refractivity contribution in [2.45, 2.75) is 0 Å². The average Bonchev–Trinajstić information content (AvgIpc) is 2.16. The first-order chi connectivity index (χ1) is 7.04. The van der Waals surface area contributed by atoms with Gasteiger partial charge in [0.2, 0.25) is 0 Å². The highest BCUT2D eigenvalue weighted by atomic mass is 35.5. The third-order valence-corrected chi connectivity index (χ3v) is 2.06. The van der Waals surface area contributed by atoms with Crippen LogP contribution in [0.2, 0.25) is 5.02 Å². The molecule has 0 aliphatic heterocycles. The molecule has 1 aromatic carbocycles. The first-order valence-corrected chi connectivity index (χ1v) is 4.46. The minimum absolute atomic E-state index is 0.391. The number of ether oxygens (including phenoxy) is 1. The van der Waals surface area contributed by atoms with Crippen LogP contribution in [0.3, 0.4) is 0 Å². The molecule has 1 aromatic rings. The van der Waals surface area contributed by atoms with Crippen LogP contribution in [0.5, 0.6) is 5.75 Å². The van der Waals surface area contributed by atoms with Crippen LogP contribution in [-0.4, -0.2) is 18.2 Å². The van der Waals surface area contributed by atoms with Gasteiger partial charge in [-0.25, -0.2) is 4.79 Å². The average molecular weight is 228 g/mol. The number of aliphatic carboxylic acids is 1. The lowest BCUT2D eigenvalue weighted by Crippen LogP contribution is -1.93. The zero-order chi connectivity index (χ0) is 11.4. The van der Waals surface area contributed by atoms with E-state index in [1.165, 1.54) is 19.3 Å². The molecule has 0 atom stereocenters. The zero-order valence-electron chi connectivity index (χ0n) is 8.03. The summed E-state index contributed by atoms with van der Waals surface area (Å²) in [6.45, 7) is 0. The number of nitrogens with two attached hydrogens (primary N) is 1. The summed E-state index contributed by atoms with van der Waals surface area (Å²) in [6.07, 6.45) is 2.38. The molecule has 3 N–H and O–H groups in total. The van der Waals surface area contributed by atoms with Crippen LogP contribution in [0.15, 0.2) is 18.2 Å². The SMILES string of the molecule is COc1cc(C=CC(=O)O)c(N)cc1Cl. The van der Waals surface area contributed by atoms with E-state index in [9.17, 15) is 4.79 Å². The van der Waals surface area contributed by atoms with Crippen molar-refractivity contribution in [1.29, 1.82) is 0 Å². The number of benzene rings is 1. The highest BCUT2D eigenvalue weighted by Crippen LogP contribution is 2.30. The van der Waals surface area contributed by atoms with Crippen molar-refractivity contribution >= 4 is 29.3 Å². The normalized spacial score (nSPS) is 10.5. The molecule has 0 aliphatic carbocycles. The molecule has 0 unspecified atom stereocenters. The second-order valence-corrected chi connectivity index (χ2v) is 3.19. The largest absolute Gasteiger partial charge is 0.495 e. The number of nitrogen functional groups attached to an aromatic ring is 1. The predicted octanol–water partition coefficient (Wildman–Crippen LogP) is 2.03. The Morgan fingerprint density at radius 1 is 1.60 bits per heavy atom. The number of anilines is 1. The van der Waals surface area contributed by atoms with Gasteiger partial charge in [-0.3, -0.25) is 0 Å². The molecule has 0 bridgehead atoms. The summed E-state index contributed by atoms with van der Waals surface area (Å²) in [5.74, 6) is -0.584. The maximum absolute atomic E-state index is 10.3. The Kier molecular flexibility index (Phi) is 3.57. The van der Waals surface area contributed by atoms with E-state index in [4.69, 9.17) is 27.2 Å². The molecule has 0 aliphatic rings. The van der Waals surface area contributed by atoms with Crippen molar-refractivity contribution in [3.63, 3.8) is 0 Å². The fourth-order valence-electron chi connectivity index (χ4n) is 1.05. The molecule has 0 saturated carbocycles. The van der Waals surface area contributed by atoms with E-state index in [2.05, 4.69) is 0 Å². The van der Waals surface area contributed by atoms with Gasteiger partial charge >= 0.3 is 5.97 Å². The molecule has 0 aromatic heterocycles. The number of halogens is 1. The summed E-state index contributed by atoms with van der Waals surface area (Å²) in [5.41, 5.74) is 6.60. The second-order valence-electron chi connectivity index (χ2n) is 2.79. The van der Waals surface area contributed by atoms with E-state index < -0.39 is 5.97 Å². The minimum atomic E-state index is -1.04. The smallest absolute Gasteiger partial charge is 0.328 e. The van der Waals surface area contributed by atoms with Gasteiger partial charge in [0.25, 0.3) is 0 Å². The van der Waals surface area contributed by atoms with Gasteiger partial charge in [0.05, 0.1) is 12.1 Å². The van der Waals surface area contributed by atoms with E-state index in [1.807, 2.05) is 0 Å². The van der Waals surface area contributed by atoms with Crippen LogP contribution in [0, 0.1) is 0 Å². The van der Waals surface area contributed by atoms with Crippen molar-refractivity contribution in [3.8, 4) is 5.75 Å². The number of carboxylic acids is 1. The molecule has 80 valence electrons. The van der Waals surface area contributed by atoms with Gasteiger partial charge in [0.1, 0.15) is 5.75 Å². The third kappa shape index (κ3) is 2.89. The van der Waals surface area contributed by atoms with Gasteiger partial charge < -0.3 is 15.6 Å². The topological polar surface area (TPSA) is 72.5 Å². The first-order valence-electron chi connectivity index (χ1n) is 4.08. The molecular formula is C10H10ClNO3. The number of rotatable bonds is 3. The Labute approximate surface area is 91.9 Å². The highest BCUT2D eigenvalue weighted by Gasteiger charge is 2.04. The van der Waals surface area contributed by atoms with Crippen LogP contribution >= 0.6 is 11.6 Å². The third-order valence-electron chi connectivity index (χ3n) is 1.76. The lowest BCUT2D eigenvalue weighted by molar-refractivity contribution is -0.131. The number of methoxy groups -OCH3 is 1. The first kappa shape index (κ1) is 11.4. The maximum Gasteiger partial charge on any atom is 0.328 e. The van der Waals surface area contributed by atoms with Crippen molar-refractivity contribution in [2.24, 2.45) is 0 Å². The molecule has 15 heavy (non-hydrogen) atoms. The fraction of sp³-hybridized carbons (Fsp3) is 0.100. The van der Waals surface area contributed by atoms with E-state index >= 15 is 0 Å². The van der Waals surface area contributed by atoms with Gasteiger partial charge in [-0.2, -0.15) is 0 Å². The molecule has 4 nitrogen and oxygen atoms in total. The van der Waals surface area contributed by atoms with Crippen LogP contribution in [0.25, 0.3) is 6.08 Å². The molecule has 0 spiro atoms. The fourth-order valence-corrected chi connectivity index (χ4v) is 1.30. The van der Waals surface area contributed by atoms with Gasteiger partial charge in [-0.05, 0) is 18.2 Å². The number of hydrogen-bond donors (Lipinski definition) is 2. The number of carbonyl (C=O) groups is 1. The standard InChI is InChI=1S/C10H10ClNO3/c1-15-9-4-6(2-3-10(13)14)8(12)5-7(9)11/h2-5H,12H2,1H3,(H,13,14). The lowest BCUT2D eigenvalue weighted by atomic mass is 10.1. The van der Waals surface area contributed by atoms with Gasteiger partial charge in [0, 0.05) is 17.3 Å². The minimum Gasteiger partial charge on any atom is -0.495 e. The molecule has 0 radical (unpaired) electrons. The summed E-state index contributed by atoms with van der Waals surface area (Å²) in [4.78, 5) is 10.3. The maximum atomic E-state index is 10.3. The summed E-state index contributed by atoms with van der Waals surface area (Å²) in [5, 5.41) is 8.85. The molecule has 1 rings (SSSR count). The monoisotopic (exact) mass is 227 g/mol. The summed E-state index contributed by atoms with van der Waals surface area (Å²) >= 11 is 5.82. The van der Waals surface area contributed by atoms with Gasteiger partial charge in [0.15, 0.2) is 0 Å². The van der Waals surface area contributed by atoms with E-state index in [0.717, 1.165) is 6.08 Å². The van der Waals surface area contributed by atoms with Crippen LogP contribution in [0.1, 0.15) is 5.56 Å². The Morgan fingerprint density at radius 2 is 2.27 bits per heavy atom. The number of carboxylic acid groups (broad SMARTS) is 1. The van der Waals surface area contributed by atoms with Crippen LogP contribution in [-0.2, 0) is 4.79 Å². The summed E-state index contributed by atoms with van der Waals surface area (Å²) < 4.78 is 4.98. The zero-order valence-corrected chi connectivity index (χ0v) is 8.78. The quantitative estimate of drug-likeness (QED) is 0.612. The summed E-state index contributed by atoms with van der Waals surface area (Å²) in [7, 11) is 1.47. The van der Waals surface area contributed by atoms with Crippen LogP contribution < -0.4 is 10.5 Å². The molecule has 0 fully saturated rings. The van der Waals surface area contributed by atoms with E-state index in [0.29, 0.717) is 22.0 Å². The Balaban J connectivity index is 3.13. The second kappa shape index (κ2) is 4.70. The Hall–Kier alpha value is -1.68. The van der Waals surface area contributed by atoms with Crippen molar-refractivity contribution in [3.05, 3.63) is 28.8 Å². The van der Waals surface area contributed by atoms with Crippen LogP contribution in [0.4, 0.5) is 5.69 Å². The molecule has 0 heterocycles. The molecule has 0 saturated heterocycles. The highest BCUT2D eigenvalue weighted by molar-refractivity contribution is 6.32. The van der Waals surface area contributed by atoms with Gasteiger partial charge in [-0.1, -0.05) is 11.6 Å². The summed E-state index contributed by atoms with van der Waals surface area (Å²) in [6, 6.07) is 3.10. The van der Waals surface area contributed by atoms with E-state index in [1.54, 1.807) is 6.07 Å². The lowest BCUT2D eigenvalue weighted by Gasteiger charge is -2.06. The number of hydrogen-bond acceptors (Lipinski definition) is 3. The Morgan fingerprint density at radius 3 is 2.80 bits per heavy atom. The molecular weight excluding hydrogens is 218 g/mol. The van der Waals surface area contributed by atoms with Gasteiger partial charge in [-0.15, -0.1) is 0 Å². The van der Waals surface area contributed by atoms with Crippen molar-refractivity contribution in [1.82, 2.24) is 0 Å². The Bertz CT molecular complexity index is 415. The van der Waals surface area contributed by atoms with E-state index in [-0.39, 0.29) is 0 Å². The molecule has 0 amide bonds. The molecule has 5 heteroatoms. The van der Waals surface area contributed by atoms with Crippen molar-refractivity contribution < 1.29 is 14.6 Å². The predicted molar refractivity (Wildman–Crippen MR) is 59.1 cm³/mol. The van der Waals surface area contributed by atoms with Crippen molar-refractivity contribution in [2.75, 3.05) is 12.8 Å².